The topological polar surface area (TPSA) is 0 Å². The SMILES string of the molecule is CCCCC1=Cc2c(-c3ccc(C(F)(F)F)cc3)cccc2[CH]1[Zr+2]([CH]1C(CCCC)=Cc2c(-c3ccc(C(F)(F)F)cc3)cccc21)[SiH](C)C.[Cl-].[Cl-]. The molecule has 4 aromatic rings. The molecule has 0 saturated heterocycles. The summed E-state index contributed by atoms with van der Waals surface area (Å²) in [5.74, 6) is -1.22. The van der Waals surface area contributed by atoms with E-state index in [1.807, 2.05) is 12.1 Å². The van der Waals surface area contributed by atoms with Gasteiger partial charge in [-0.05, 0) is 0 Å². The number of allylic oxidation sites excluding steroid dienone is 2. The molecule has 0 radical (unpaired) electrons. The summed E-state index contributed by atoms with van der Waals surface area (Å²) < 4.78 is 81.3. The summed E-state index contributed by atoms with van der Waals surface area (Å²) in [5, 5.41) is 0. The fourth-order valence-electron chi connectivity index (χ4n) is 7.93. The first kappa shape index (κ1) is 42.4. The van der Waals surface area contributed by atoms with Gasteiger partial charge in [-0.25, -0.2) is 0 Å². The number of unbranched alkanes of at least 4 members (excludes halogenated alkanes) is 2. The molecule has 4 aromatic carbocycles. The largest absolute Gasteiger partial charge is 1.00 e. The first-order valence-electron chi connectivity index (χ1n) is 17.7. The second-order valence-electron chi connectivity index (χ2n) is 13.9. The van der Waals surface area contributed by atoms with Crippen molar-refractivity contribution in [2.75, 3.05) is 0 Å². The van der Waals surface area contributed by atoms with Crippen LogP contribution in [0.2, 0.25) is 13.1 Å². The molecule has 0 aliphatic heterocycles. The minimum atomic E-state index is -4.38. The second-order valence-corrected chi connectivity index (χ2v) is 34.0. The van der Waals surface area contributed by atoms with E-state index in [4.69, 9.17) is 0 Å². The molecule has 275 valence electrons. The van der Waals surface area contributed by atoms with Crippen molar-refractivity contribution < 1.29 is 72.1 Å². The molecule has 0 fully saturated rings. The first-order valence-corrected chi connectivity index (χ1v) is 27.7. The quantitative estimate of drug-likeness (QED) is 0.108. The Morgan fingerprint density at radius 2 is 0.923 bits per heavy atom. The Labute approximate surface area is 324 Å². The zero-order valence-electron chi connectivity index (χ0n) is 29.7. The number of hydrogen-bond acceptors (Lipinski definition) is 0. The average molecular weight is 852 g/mol. The Hall–Kier alpha value is -2.38. The van der Waals surface area contributed by atoms with Crippen molar-refractivity contribution in [1.82, 2.24) is 0 Å². The summed E-state index contributed by atoms with van der Waals surface area (Å²) >= 11 is -2.51. The van der Waals surface area contributed by atoms with Gasteiger partial charge in [-0.1, -0.05) is 0 Å². The summed E-state index contributed by atoms with van der Waals surface area (Å²) in [4.78, 5) is 0. The second kappa shape index (κ2) is 17.4. The molecule has 0 nitrogen and oxygen atoms in total. The number of hydrogen-bond donors (Lipinski definition) is 0. The molecule has 2 aliphatic rings. The smallest absolute Gasteiger partial charge is 1.00 e. The third-order valence-corrected chi connectivity index (χ3v) is 32.1. The Morgan fingerprint density at radius 3 is 1.23 bits per heavy atom. The van der Waals surface area contributed by atoms with Crippen LogP contribution in [0.15, 0.2) is 96.1 Å². The summed E-state index contributed by atoms with van der Waals surface area (Å²) in [6.45, 7) is 9.45. The van der Waals surface area contributed by atoms with E-state index in [0.717, 1.165) is 71.9 Å². The van der Waals surface area contributed by atoms with Crippen LogP contribution in [0, 0.1) is 0 Å². The van der Waals surface area contributed by atoms with Crippen LogP contribution in [-0.4, -0.2) is 5.92 Å². The van der Waals surface area contributed by atoms with Crippen molar-refractivity contribution in [1.29, 1.82) is 0 Å². The normalized spacial score (nSPS) is 16.4. The fraction of sp³-hybridized carbons (Fsp3) is 0.333. The Balaban J connectivity index is 0.00000302. The van der Waals surface area contributed by atoms with Crippen molar-refractivity contribution in [2.24, 2.45) is 0 Å². The van der Waals surface area contributed by atoms with Crippen LogP contribution in [0.5, 0.6) is 0 Å². The first-order chi connectivity index (χ1) is 23.8. The average Bonchev–Trinajstić information content (AvgIpc) is 3.64. The minimum absolute atomic E-state index is 0. The van der Waals surface area contributed by atoms with Gasteiger partial charge in [-0.2, -0.15) is 0 Å². The zero-order chi connectivity index (χ0) is 35.8. The Kier molecular flexibility index (Phi) is 14.2. The molecule has 2 aliphatic carbocycles. The summed E-state index contributed by atoms with van der Waals surface area (Å²) in [7, 11) is 0. The zero-order valence-corrected chi connectivity index (χ0v) is 34.9. The molecule has 6 rings (SSSR count). The van der Waals surface area contributed by atoms with E-state index in [9.17, 15) is 26.3 Å². The maximum atomic E-state index is 13.4. The van der Waals surface area contributed by atoms with Crippen molar-refractivity contribution in [3.05, 3.63) is 129 Å². The predicted molar refractivity (Wildman–Crippen MR) is 193 cm³/mol. The van der Waals surface area contributed by atoms with E-state index < -0.39 is 50.3 Å². The van der Waals surface area contributed by atoms with Crippen LogP contribution in [0.4, 0.5) is 26.3 Å². The molecule has 0 spiro atoms. The van der Waals surface area contributed by atoms with E-state index >= 15 is 0 Å². The Bertz CT molecular complexity index is 1760. The maximum Gasteiger partial charge on any atom is -1.00 e. The van der Waals surface area contributed by atoms with Crippen molar-refractivity contribution in [2.45, 2.75) is 85.1 Å². The number of alkyl halides is 6. The third kappa shape index (κ3) is 8.61. The number of rotatable bonds is 11. The van der Waals surface area contributed by atoms with Crippen LogP contribution < -0.4 is 24.8 Å². The van der Waals surface area contributed by atoms with Gasteiger partial charge in [-0.3, -0.25) is 0 Å². The van der Waals surface area contributed by atoms with Gasteiger partial charge in [0, 0.05) is 0 Å². The van der Waals surface area contributed by atoms with E-state index in [-0.39, 0.29) is 24.8 Å². The molecule has 0 aromatic heterocycles. The van der Waals surface area contributed by atoms with Crippen LogP contribution in [0.3, 0.4) is 0 Å². The van der Waals surface area contributed by atoms with Gasteiger partial charge in [0.25, 0.3) is 0 Å². The summed E-state index contributed by atoms with van der Waals surface area (Å²) in [6.07, 6.45) is 2.33. The van der Waals surface area contributed by atoms with E-state index in [1.165, 1.54) is 46.5 Å². The van der Waals surface area contributed by atoms with E-state index in [2.05, 4.69) is 63.4 Å². The molecule has 0 saturated carbocycles. The van der Waals surface area contributed by atoms with Gasteiger partial charge in [0.05, 0.1) is 0 Å². The number of benzene rings is 4. The standard InChI is InChI=1S/2C20H18F3.C2H7Si.2ClH.Zr/c2*1-2-3-5-14-12-16-6-4-7-18(19(16)13-14)15-8-10-17(11-9-15)20(21,22)23;1-3-2;;;/h2*4,6-13H,2-3,5H2,1H3;3H,1-2H3;2*1H;/q;;;;;+2/p-2. The molecule has 0 N–H and O–H groups in total. The molecule has 0 amide bonds. The van der Waals surface area contributed by atoms with Crippen LogP contribution >= 0.6 is 0 Å². The van der Waals surface area contributed by atoms with Crippen molar-refractivity contribution in [3.8, 4) is 22.3 Å². The third-order valence-electron chi connectivity index (χ3n) is 10.3. The Morgan fingerprint density at radius 1 is 0.558 bits per heavy atom. The van der Waals surface area contributed by atoms with Crippen LogP contribution in [-0.2, 0) is 33.3 Å². The number of fused-ring (bicyclic) bond motifs is 2. The van der Waals surface area contributed by atoms with Crippen molar-refractivity contribution in [3.63, 3.8) is 0 Å². The molecular formula is C42H43Cl2F6SiZr. The molecule has 2 atom stereocenters. The van der Waals surface area contributed by atoms with Gasteiger partial charge in [-0.15, -0.1) is 0 Å². The molecular weight excluding hydrogens is 809 g/mol. The number of halogens is 8. The fourth-order valence-corrected chi connectivity index (χ4v) is 30.8. The van der Waals surface area contributed by atoms with Gasteiger partial charge >= 0.3 is 302 Å². The molecule has 0 bridgehead atoms. The summed E-state index contributed by atoms with van der Waals surface area (Å²) in [6, 6.07) is 23.9. The molecule has 2 unspecified atom stereocenters. The monoisotopic (exact) mass is 849 g/mol. The summed E-state index contributed by atoms with van der Waals surface area (Å²) in [5.41, 5.74) is 10.2. The minimum Gasteiger partial charge on any atom is -1.00 e. The predicted octanol–water partition coefficient (Wildman–Crippen LogP) is 7.62. The molecule has 52 heavy (non-hydrogen) atoms. The van der Waals surface area contributed by atoms with Gasteiger partial charge in [0.2, 0.25) is 0 Å². The van der Waals surface area contributed by atoms with E-state index in [1.54, 1.807) is 24.3 Å². The van der Waals surface area contributed by atoms with Crippen LogP contribution in [0.1, 0.15) is 93.0 Å². The van der Waals surface area contributed by atoms with Crippen LogP contribution in [0.25, 0.3) is 34.4 Å². The molecule has 0 heterocycles. The van der Waals surface area contributed by atoms with Gasteiger partial charge in [0.15, 0.2) is 0 Å². The molecule has 10 heteroatoms. The van der Waals surface area contributed by atoms with E-state index in [0.29, 0.717) is 7.25 Å². The van der Waals surface area contributed by atoms with Crippen molar-refractivity contribution >= 4 is 18.1 Å². The maximum absolute atomic E-state index is 13.4. The van der Waals surface area contributed by atoms with Gasteiger partial charge < -0.3 is 24.8 Å². The van der Waals surface area contributed by atoms with Gasteiger partial charge in [0.1, 0.15) is 0 Å².